The summed E-state index contributed by atoms with van der Waals surface area (Å²) in [5.41, 5.74) is 2.19. The lowest BCUT2D eigenvalue weighted by atomic mass is 9.90. The van der Waals surface area contributed by atoms with E-state index in [-0.39, 0.29) is 11.8 Å². The van der Waals surface area contributed by atoms with E-state index in [1.54, 1.807) is 17.0 Å². The summed E-state index contributed by atoms with van der Waals surface area (Å²) in [4.78, 5) is 33.3. The first kappa shape index (κ1) is 19.1. The van der Waals surface area contributed by atoms with Gasteiger partial charge in [-0.3, -0.25) is 9.59 Å². The van der Waals surface area contributed by atoms with E-state index in [9.17, 15) is 9.59 Å². The molecule has 0 unspecified atom stereocenters. The second kappa shape index (κ2) is 7.40. The van der Waals surface area contributed by atoms with Crippen LogP contribution in [-0.2, 0) is 4.79 Å². The van der Waals surface area contributed by atoms with Crippen LogP contribution in [0.2, 0.25) is 5.02 Å². The molecule has 2 amide bonds. The van der Waals surface area contributed by atoms with Crippen molar-refractivity contribution in [2.75, 3.05) is 13.1 Å². The molecule has 2 heterocycles. The number of amides is 2. The molecule has 1 aromatic heterocycles. The Morgan fingerprint density at radius 3 is 2.60 bits per heavy atom. The van der Waals surface area contributed by atoms with Crippen molar-refractivity contribution in [3.8, 4) is 11.3 Å². The lowest BCUT2D eigenvalue weighted by Crippen LogP contribution is -2.65. The van der Waals surface area contributed by atoms with Crippen LogP contribution in [0.15, 0.2) is 54.6 Å². The summed E-state index contributed by atoms with van der Waals surface area (Å²) in [5.74, 6) is -0.155. The van der Waals surface area contributed by atoms with Crippen molar-refractivity contribution in [1.29, 1.82) is 0 Å². The summed E-state index contributed by atoms with van der Waals surface area (Å²) >= 11 is 6.26. The van der Waals surface area contributed by atoms with Crippen molar-refractivity contribution < 1.29 is 9.59 Å². The van der Waals surface area contributed by atoms with Crippen LogP contribution >= 0.6 is 11.6 Å². The molecule has 1 spiro atoms. The fraction of sp³-hybridized carbons (Fsp3) is 0.292. The third-order valence-electron chi connectivity index (χ3n) is 6.31. The number of pyridine rings is 1. The molecule has 2 aromatic carbocycles. The van der Waals surface area contributed by atoms with Gasteiger partial charge in [0.2, 0.25) is 5.91 Å². The minimum absolute atomic E-state index is 0.0284. The molecule has 152 valence electrons. The van der Waals surface area contributed by atoms with E-state index in [0.29, 0.717) is 47.4 Å². The fourth-order valence-corrected chi connectivity index (χ4v) is 4.98. The Labute approximate surface area is 180 Å². The second-order valence-electron chi connectivity index (χ2n) is 8.03. The van der Waals surface area contributed by atoms with E-state index in [0.717, 1.165) is 24.1 Å². The molecule has 3 aromatic rings. The summed E-state index contributed by atoms with van der Waals surface area (Å²) in [7, 11) is 0. The Morgan fingerprint density at radius 1 is 1.07 bits per heavy atom. The molecule has 0 bridgehead atoms. The van der Waals surface area contributed by atoms with Crippen LogP contribution in [0.25, 0.3) is 22.2 Å². The predicted molar refractivity (Wildman–Crippen MR) is 117 cm³/mol. The SMILES string of the molecule is O=C(c1cc(-c2ccccc2)nc2ccc(Cl)cc12)N1CCNC(=O)C12CCCC2. The smallest absolute Gasteiger partial charge is 0.255 e. The summed E-state index contributed by atoms with van der Waals surface area (Å²) < 4.78 is 0. The molecule has 1 N–H and O–H groups in total. The molecule has 1 aliphatic heterocycles. The van der Waals surface area contributed by atoms with Crippen LogP contribution in [0.4, 0.5) is 0 Å². The van der Waals surface area contributed by atoms with Gasteiger partial charge in [0.05, 0.1) is 16.8 Å². The minimum atomic E-state index is -0.740. The maximum absolute atomic E-state index is 13.9. The van der Waals surface area contributed by atoms with Crippen molar-refractivity contribution in [2.45, 2.75) is 31.2 Å². The van der Waals surface area contributed by atoms with Crippen LogP contribution in [0.5, 0.6) is 0 Å². The molecule has 30 heavy (non-hydrogen) atoms. The monoisotopic (exact) mass is 419 g/mol. The Bertz CT molecular complexity index is 1140. The molecule has 0 atom stereocenters. The van der Waals surface area contributed by atoms with Gasteiger partial charge in [0, 0.05) is 29.1 Å². The zero-order chi connectivity index (χ0) is 20.7. The molecule has 0 radical (unpaired) electrons. The van der Waals surface area contributed by atoms with Gasteiger partial charge in [-0.15, -0.1) is 0 Å². The largest absolute Gasteiger partial charge is 0.352 e. The average Bonchev–Trinajstić information content (AvgIpc) is 3.25. The van der Waals surface area contributed by atoms with Gasteiger partial charge in [0.15, 0.2) is 0 Å². The van der Waals surface area contributed by atoms with Gasteiger partial charge < -0.3 is 10.2 Å². The van der Waals surface area contributed by atoms with Gasteiger partial charge in [0.25, 0.3) is 5.91 Å². The lowest BCUT2D eigenvalue weighted by molar-refractivity contribution is -0.134. The highest BCUT2D eigenvalue weighted by Crippen LogP contribution is 2.39. The van der Waals surface area contributed by atoms with E-state index in [4.69, 9.17) is 16.6 Å². The summed E-state index contributed by atoms with van der Waals surface area (Å²) in [6, 6.07) is 17.1. The number of benzene rings is 2. The quantitative estimate of drug-likeness (QED) is 0.667. The van der Waals surface area contributed by atoms with Crippen LogP contribution in [-0.4, -0.2) is 40.3 Å². The Kier molecular flexibility index (Phi) is 4.70. The van der Waals surface area contributed by atoms with Crippen LogP contribution in [0.3, 0.4) is 0 Å². The first-order valence-corrected chi connectivity index (χ1v) is 10.7. The van der Waals surface area contributed by atoms with E-state index in [2.05, 4.69) is 5.32 Å². The highest BCUT2D eigenvalue weighted by Gasteiger charge is 2.50. The molecule has 5 nitrogen and oxygen atoms in total. The van der Waals surface area contributed by atoms with Gasteiger partial charge in [-0.2, -0.15) is 0 Å². The van der Waals surface area contributed by atoms with Gasteiger partial charge in [-0.25, -0.2) is 4.98 Å². The molecule has 1 aliphatic carbocycles. The van der Waals surface area contributed by atoms with E-state index < -0.39 is 5.54 Å². The number of carbonyl (C=O) groups is 2. The summed E-state index contributed by atoms with van der Waals surface area (Å²) in [5, 5.41) is 4.24. The molecular formula is C24H22ClN3O2. The number of hydrogen-bond acceptors (Lipinski definition) is 3. The number of carbonyl (C=O) groups excluding carboxylic acids is 2. The average molecular weight is 420 g/mol. The number of nitrogens with zero attached hydrogens (tertiary/aromatic N) is 2. The topological polar surface area (TPSA) is 62.3 Å². The molecule has 2 fully saturated rings. The van der Waals surface area contributed by atoms with Gasteiger partial charge >= 0.3 is 0 Å². The molecule has 1 saturated carbocycles. The van der Waals surface area contributed by atoms with E-state index in [1.165, 1.54) is 0 Å². The van der Waals surface area contributed by atoms with Crippen LogP contribution in [0, 0.1) is 0 Å². The van der Waals surface area contributed by atoms with Crippen LogP contribution in [0.1, 0.15) is 36.0 Å². The number of aromatic nitrogens is 1. The van der Waals surface area contributed by atoms with Crippen molar-refractivity contribution in [2.24, 2.45) is 0 Å². The molecule has 5 rings (SSSR count). The number of fused-ring (bicyclic) bond motifs is 1. The number of halogens is 1. The number of rotatable bonds is 2. The molecular weight excluding hydrogens is 398 g/mol. The highest BCUT2D eigenvalue weighted by atomic mass is 35.5. The Morgan fingerprint density at radius 2 is 1.83 bits per heavy atom. The van der Waals surface area contributed by atoms with E-state index >= 15 is 0 Å². The van der Waals surface area contributed by atoms with Crippen molar-refractivity contribution >= 4 is 34.3 Å². The zero-order valence-electron chi connectivity index (χ0n) is 16.5. The summed E-state index contributed by atoms with van der Waals surface area (Å²) in [6.07, 6.45) is 3.32. The maximum Gasteiger partial charge on any atom is 0.255 e. The van der Waals surface area contributed by atoms with Crippen molar-refractivity contribution in [3.63, 3.8) is 0 Å². The number of hydrogen-bond donors (Lipinski definition) is 1. The second-order valence-corrected chi connectivity index (χ2v) is 8.47. The van der Waals surface area contributed by atoms with Gasteiger partial charge in [-0.05, 0) is 37.1 Å². The number of piperazine rings is 1. The minimum Gasteiger partial charge on any atom is -0.352 e. The normalized spacial score (nSPS) is 18.0. The first-order chi connectivity index (χ1) is 14.6. The van der Waals surface area contributed by atoms with Crippen molar-refractivity contribution in [1.82, 2.24) is 15.2 Å². The Balaban J connectivity index is 1.68. The zero-order valence-corrected chi connectivity index (χ0v) is 17.3. The fourth-order valence-electron chi connectivity index (χ4n) is 4.81. The van der Waals surface area contributed by atoms with Crippen molar-refractivity contribution in [3.05, 3.63) is 65.2 Å². The Hall–Kier alpha value is -2.92. The van der Waals surface area contributed by atoms with Crippen LogP contribution < -0.4 is 5.32 Å². The van der Waals surface area contributed by atoms with E-state index in [1.807, 2.05) is 42.5 Å². The third-order valence-corrected chi connectivity index (χ3v) is 6.54. The molecule has 2 aliphatic rings. The van der Waals surface area contributed by atoms with Gasteiger partial charge in [0.1, 0.15) is 5.54 Å². The molecule has 6 heteroatoms. The standard InChI is InChI=1S/C24H22ClN3O2/c25-17-8-9-20-18(14-17)19(15-21(27-20)16-6-2-1-3-7-16)22(29)28-13-12-26-23(30)24(28)10-4-5-11-24/h1-3,6-9,14-15H,4-5,10-13H2,(H,26,30). The maximum atomic E-state index is 13.9. The summed E-state index contributed by atoms with van der Waals surface area (Å²) in [6.45, 7) is 0.983. The number of nitrogens with one attached hydrogen (secondary N) is 1. The molecule has 1 saturated heterocycles. The lowest BCUT2D eigenvalue weighted by Gasteiger charge is -2.43. The predicted octanol–water partition coefficient (Wildman–Crippen LogP) is 4.44. The third kappa shape index (κ3) is 3.05. The van der Waals surface area contributed by atoms with Gasteiger partial charge in [-0.1, -0.05) is 54.8 Å². The first-order valence-electron chi connectivity index (χ1n) is 10.3. The highest BCUT2D eigenvalue weighted by molar-refractivity contribution is 6.31.